The molecular weight excluding hydrogens is 429 g/mol. The molecule has 31 heavy (non-hydrogen) atoms. The lowest BCUT2D eigenvalue weighted by molar-refractivity contribution is -0.189. The van der Waals surface area contributed by atoms with Gasteiger partial charge < -0.3 is 9.47 Å². The average Bonchev–Trinajstić information content (AvgIpc) is 2.64. The van der Waals surface area contributed by atoms with Crippen LogP contribution in [0, 0.1) is 40.9 Å². The number of rotatable bonds is 5. The van der Waals surface area contributed by atoms with Crippen molar-refractivity contribution in [3.05, 3.63) is 64.5 Å². The number of hydrogen-bond donors (Lipinski definition) is 0. The van der Waals surface area contributed by atoms with Gasteiger partial charge in [0, 0.05) is 12.1 Å². The summed E-state index contributed by atoms with van der Waals surface area (Å²) in [5.74, 6) is -8.75. The van der Waals surface area contributed by atoms with Crippen LogP contribution in [-0.2, 0) is 10.8 Å². The third-order valence-corrected chi connectivity index (χ3v) is 6.06. The number of hydrogen-bond acceptors (Lipinski definition) is 2. The summed E-state index contributed by atoms with van der Waals surface area (Å²) in [4.78, 5) is 0. The fourth-order valence-corrected chi connectivity index (χ4v) is 4.16. The molecule has 1 heterocycles. The van der Waals surface area contributed by atoms with Crippen LogP contribution in [0.25, 0.3) is 0 Å². The molecule has 168 valence electrons. The lowest BCUT2D eigenvalue weighted by atomic mass is 9.73. The Morgan fingerprint density at radius 2 is 1.39 bits per heavy atom. The highest BCUT2D eigenvalue weighted by atomic mass is 19.3. The van der Waals surface area contributed by atoms with E-state index in [-0.39, 0.29) is 17.7 Å². The Bertz CT molecular complexity index is 920. The van der Waals surface area contributed by atoms with Crippen LogP contribution in [0.3, 0.4) is 0 Å². The molecule has 0 spiro atoms. The van der Waals surface area contributed by atoms with E-state index < -0.39 is 52.6 Å². The van der Waals surface area contributed by atoms with E-state index in [0.29, 0.717) is 24.9 Å². The molecule has 2 aliphatic rings. The number of alkyl halides is 2. The molecule has 2 aromatic rings. The first-order valence-corrected chi connectivity index (χ1v) is 9.98. The van der Waals surface area contributed by atoms with Crippen molar-refractivity contribution in [3.8, 4) is 5.75 Å². The largest absolute Gasteiger partial charge is 0.432 e. The van der Waals surface area contributed by atoms with E-state index in [0.717, 1.165) is 31.4 Å². The summed E-state index contributed by atoms with van der Waals surface area (Å²) in [5.41, 5.74) is -1.63. The Balaban J connectivity index is 1.52. The molecule has 0 bridgehead atoms. The van der Waals surface area contributed by atoms with Gasteiger partial charge in [0.1, 0.15) is 22.9 Å². The van der Waals surface area contributed by atoms with E-state index in [9.17, 15) is 30.7 Å². The molecule has 0 N–H and O–H groups in total. The maximum Gasteiger partial charge on any atom is 0.432 e. The minimum absolute atomic E-state index is 0.0838. The third-order valence-electron chi connectivity index (χ3n) is 6.06. The predicted octanol–water partition coefficient (Wildman–Crippen LogP) is 6.78. The zero-order valence-corrected chi connectivity index (χ0v) is 16.2. The molecule has 1 saturated heterocycles. The van der Waals surface area contributed by atoms with Gasteiger partial charge in [-0.25, -0.2) is 22.0 Å². The second kappa shape index (κ2) is 8.33. The van der Waals surface area contributed by atoms with Crippen molar-refractivity contribution in [2.45, 2.75) is 44.3 Å². The Morgan fingerprint density at radius 1 is 0.774 bits per heavy atom. The van der Waals surface area contributed by atoms with Crippen LogP contribution in [0.5, 0.6) is 5.75 Å². The van der Waals surface area contributed by atoms with Crippen LogP contribution < -0.4 is 4.74 Å². The molecule has 2 atom stereocenters. The third kappa shape index (κ3) is 4.37. The fourth-order valence-electron chi connectivity index (χ4n) is 4.16. The summed E-state index contributed by atoms with van der Waals surface area (Å²) in [6.45, 7) is 0.446. The smallest absolute Gasteiger partial charge is 0.429 e. The van der Waals surface area contributed by atoms with Gasteiger partial charge in [0.2, 0.25) is 0 Å². The van der Waals surface area contributed by atoms with Crippen molar-refractivity contribution in [2.24, 2.45) is 11.8 Å². The van der Waals surface area contributed by atoms with E-state index in [1.54, 1.807) is 0 Å². The Labute approximate surface area is 174 Å². The summed E-state index contributed by atoms with van der Waals surface area (Å²) in [6.07, 6.45) is -0.408. The van der Waals surface area contributed by atoms with Crippen molar-refractivity contribution in [1.29, 1.82) is 0 Å². The molecule has 9 heteroatoms. The van der Waals surface area contributed by atoms with Crippen molar-refractivity contribution >= 4 is 0 Å². The van der Waals surface area contributed by atoms with Gasteiger partial charge in [0.15, 0.2) is 17.5 Å². The Morgan fingerprint density at radius 3 is 1.87 bits per heavy atom. The van der Waals surface area contributed by atoms with Crippen LogP contribution in [0.2, 0.25) is 0 Å². The maximum atomic E-state index is 14.5. The van der Waals surface area contributed by atoms with Crippen molar-refractivity contribution < 1.29 is 40.2 Å². The van der Waals surface area contributed by atoms with E-state index in [1.165, 1.54) is 6.42 Å². The summed E-state index contributed by atoms with van der Waals surface area (Å²) in [7, 11) is 0. The quantitative estimate of drug-likeness (QED) is 0.371. The standard InChI is InChI=1S/C22H19F7O2/c23-15-6-13(19-5-4-12(10-30-19)11-2-1-3-11)7-16(24)20(15)22(28,29)31-14-8-17(25)21(27)18(26)9-14/h6-9,11-12,19H,1-5,10H2. The van der Waals surface area contributed by atoms with Gasteiger partial charge in [-0.2, -0.15) is 8.78 Å². The van der Waals surface area contributed by atoms with Crippen LogP contribution in [0.4, 0.5) is 30.7 Å². The molecule has 2 fully saturated rings. The number of halogens is 7. The van der Waals surface area contributed by atoms with E-state index in [2.05, 4.69) is 4.74 Å². The highest BCUT2D eigenvalue weighted by Gasteiger charge is 2.42. The summed E-state index contributed by atoms with van der Waals surface area (Å²) in [5, 5.41) is 0. The van der Waals surface area contributed by atoms with E-state index in [1.807, 2.05) is 0 Å². The first-order valence-electron chi connectivity index (χ1n) is 9.98. The molecule has 2 nitrogen and oxygen atoms in total. The molecule has 1 saturated carbocycles. The lowest BCUT2D eigenvalue weighted by Gasteiger charge is -2.38. The van der Waals surface area contributed by atoms with Gasteiger partial charge in [-0.05, 0) is 42.4 Å². The lowest BCUT2D eigenvalue weighted by Crippen LogP contribution is -2.31. The first kappa shape index (κ1) is 21.9. The molecule has 0 radical (unpaired) electrons. The monoisotopic (exact) mass is 448 g/mol. The van der Waals surface area contributed by atoms with Crippen LogP contribution in [0.1, 0.15) is 49.3 Å². The van der Waals surface area contributed by atoms with E-state index >= 15 is 0 Å². The van der Waals surface area contributed by atoms with Crippen LogP contribution in [-0.4, -0.2) is 6.61 Å². The van der Waals surface area contributed by atoms with Crippen molar-refractivity contribution in [2.75, 3.05) is 6.61 Å². The topological polar surface area (TPSA) is 18.5 Å². The first-order chi connectivity index (χ1) is 14.7. The van der Waals surface area contributed by atoms with E-state index in [4.69, 9.17) is 4.74 Å². The highest BCUT2D eigenvalue weighted by Crippen LogP contribution is 2.42. The summed E-state index contributed by atoms with van der Waals surface area (Å²) < 4.78 is 107. The second-order valence-corrected chi connectivity index (χ2v) is 8.03. The minimum atomic E-state index is -4.61. The normalized spacial score (nSPS) is 22.3. The molecule has 1 aliphatic carbocycles. The highest BCUT2D eigenvalue weighted by molar-refractivity contribution is 5.32. The molecule has 2 aromatic carbocycles. The SMILES string of the molecule is Fc1cc(OC(F)(F)c2c(F)cc(C3CCC(C4CCC4)CO3)cc2F)cc(F)c1F. The van der Waals surface area contributed by atoms with Crippen LogP contribution in [0.15, 0.2) is 24.3 Å². The zero-order chi connectivity index (χ0) is 22.3. The van der Waals surface area contributed by atoms with Gasteiger partial charge in [0.25, 0.3) is 0 Å². The molecule has 0 aromatic heterocycles. The molecule has 2 unspecified atom stereocenters. The molecule has 1 aliphatic heterocycles. The molecule has 0 amide bonds. The summed E-state index contributed by atoms with van der Waals surface area (Å²) >= 11 is 0. The van der Waals surface area contributed by atoms with Crippen LogP contribution >= 0.6 is 0 Å². The van der Waals surface area contributed by atoms with Gasteiger partial charge in [-0.1, -0.05) is 19.3 Å². The maximum absolute atomic E-state index is 14.5. The average molecular weight is 448 g/mol. The molecule has 4 rings (SSSR count). The number of ether oxygens (including phenoxy) is 2. The van der Waals surface area contributed by atoms with Crippen molar-refractivity contribution in [3.63, 3.8) is 0 Å². The Kier molecular flexibility index (Phi) is 5.89. The predicted molar refractivity (Wildman–Crippen MR) is 96.0 cm³/mol. The zero-order valence-electron chi connectivity index (χ0n) is 16.2. The second-order valence-electron chi connectivity index (χ2n) is 8.03. The molecular formula is C22H19F7O2. The van der Waals surface area contributed by atoms with Gasteiger partial charge in [-0.3, -0.25) is 0 Å². The summed E-state index contributed by atoms with van der Waals surface area (Å²) in [6, 6.07) is 1.81. The van der Waals surface area contributed by atoms with Gasteiger partial charge in [-0.15, -0.1) is 0 Å². The van der Waals surface area contributed by atoms with Gasteiger partial charge in [0.05, 0.1) is 12.7 Å². The van der Waals surface area contributed by atoms with Crippen molar-refractivity contribution in [1.82, 2.24) is 0 Å². The number of benzene rings is 2. The van der Waals surface area contributed by atoms with Gasteiger partial charge >= 0.3 is 6.11 Å². The minimum Gasteiger partial charge on any atom is -0.429 e. The fraction of sp³-hybridized carbons (Fsp3) is 0.455. The Hall–Kier alpha value is -2.29.